The lowest BCUT2D eigenvalue weighted by molar-refractivity contribution is 0.0959. The van der Waals surface area contributed by atoms with Crippen LogP contribution in [0.1, 0.15) is 9.67 Å². The van der Waals surface area contributed by atoms with Gasteiger partial charge in [-0.1, -0.05) is 0 Å². The largest absolute Gasteiger partial charge is 0.397 e. The second kappa shape index (κ2) is 5.69. The lowest BCUT2D eigenvalue weighted by Gasteiger charge is -2.04. The van der Waals surface area contributed by atoms with Gasteiger partial charge in [-0.3, -0.25) is 4.79 Å². The van der Waals surface area contributed by atoms with Gasteiger partial charge in [0.1, 0.15) is 9.71 Å². The van der Waals surface area contributed by atoms with Gasteiger partial charge in [0.15, 0.2) is 0 Å². The predicted molar refractivity (Wildman–Crippen MR) is 77.0 cm³/mol. The normalized spacial score (nSPS) is 11.7. The number of hydrogen-bond acceptors (Lipinski definition) is 7. The van der Waals surface area contributed by atoms with E-state index in [4.69, 9.17) is 5.73 Å². The van der Waals surface area contributed by atoms with Crippen LogP contribution >= 0.6 is 11.3 Å². The summed E-state index contributed by atoms with van der Waals surface area (Å²) in [5.41, 5.74) is 6.24. The molecule has 0 bridgehead atoms. The van der Waals surface area contributed by atoms with Gasteiger partial charge >= 0.3 is 0 Å². The molecule has 4 N–H and O–H groups in total. The maximum Gasteiger partial charge on any atom is 0.263 e. The number of fused-ring (bicyclic) bond motifs is 1. The minimum Gasteiger partial charge on any atom is -0.397 e. The summed E-state index contributed by atoms with van der Waals surface area (Å²) in [6, 6.07) is 1.69. The van der Waals surface area contributed by atoms with Gasteiger partial charge in [-0.25, -0.2) is 13.1 Å². The molecule has 108 valence electrons. The monoisotopic (exact) mass is 315 g/mol. The third-order valence-electron chi connectivity index (χ3n) is 2.40. The Morgan fingerprint density at radius 3 is 2.85 bits per heavy atom. The van der Waals surface area contributed by atoms with Crippen molar-refractivity contribution in [1.29, 1.82) is 0 Å². The van der Waals surface area contributed by atoms with E-state index in [1.165, 1.54) is 6.20 Å². The summed E-state index contributed by atoms with van der Waals surface area (Å²) in [5, 5.41) is 10.9. The van der Waals surface area contributed by atoms with Gasteiger partial charge in [-0.15, -0.1) is 16.4 Å². The lowest BCUT2D eigenvalue weighted by Crippen LogP contribution is -2.34. The van der Waals surface area contributed by atoms with Crippen LogP contribution in [0.3, 0.4) is 0 Å². The second-order valence-electron chi connectivity index (χ2n) is 4.02. The molecule has 0 aliphatic rings. The molecule has 20 heavy (non-hydrogen) atoms. The summed E-state index contributed by atoms with van der Waals surface area (Å²) in [6.07, 6.45) is 2.56. The number of carbonyl (C=O) groups is 1. The Kier molecular flexibility index (Phi) is 4.16. The summed E-state index contributed by atoms with van der Waals surface area (Å²) in [5.74, 6) is -0.360. The number of anilines is 1. The topological polar surface area (TPSA) is 127 Å². The molecule has 0 atom stereocenters. The fourth-order valence-electron chi connectivity index (χ4n) is 1.53. The van der Waals surface area contributed by atoms with E-state index in [1.807, 2.05) is 0 Å². The molecule has 0 spiro atoms. The molecule has 0 saturated heterocycles. The van der Waals surface area contributed by atoms with E-state index in [1.54, 1.807) is 6.07 Å². The van der Waals surface area contributed by atoms with Crippen LogP contribution in [-0.4, -0.2) is 43.9 Å². The number of amides is 1. The molecule has 2 rings (SSSR count). The standard InChI is InChI=1S/C10H13N5O3S2/c1-20(17,18)14-5-4-12-9(16)8-7(11)6-2-3-13-15-10(6)19-8/h2-3,14H,4-5,11H2,1H3,(H,12,16). The van der Waals surface area contributed by atoms with Crippen molar-refractivity contribution in [2.75, 3.05) is 25.1 Å². The highest BCUT2D eigenvalue weighted by molar-refractivity contribution is 7.88. The number of hydrogen-bond donors (Lipinski definition) is 3. The Morgan fingerprint density at radius 1 is 1.45 bits per heavy atom. The Hall–Kier alpha value is -1.78. The SMILES string of the molecule is CS(=O)(=O)NCCNC(=O)c1sc2nnccc2c1N. The zero-order valence-corrected chi connectivity index (χ0v) is 12.2. The number of aromatic nitrogens is 2. The minimum atomic E-state index is -3.26. The van der Waals surface area contributed by atoms with E-state index in [9.17, 15) is 13.2 Å². The third kappa shape index (κ3) is 3.40. The third-order valence-corrected chi connectivity index (χ3v) is 4.23. The van der Waals surface area contributed by atoms with Crippen LogP contribution in [0, 0.1) is 0 Å². The Bertz CT molecular complexity index is 740. The van der Waals surface area contributed by atoms with Gasteiger partial charge in [0.05, 0.1) is 18.1 Å². The first-order chi connectivity index (χ1) is 9.38. The average molecular weight is 315 g/mol. The van der Waals surface area contributed by atoms with Gasteiger partial charge in [0.25, 0.3) is 5.91 Å². The van der Waals surface area contributed by atoms with E-state index in [0.717, 1.165) is 17.6 Å². The quantitative estimate of drug-likeness (QED) is 0.641. The Balaban J connectivity index is 2.03. The van der Waals surface area contributed by atoms with E-state index in [2.05, 4.69) is 20.2 Å². The number of thiophene rings is 1. The van der Waals surface area contributed by atoms with E-state index >= 15 is 0 Å². The average Bonchev–Trinajstić information content (AvgIpc) is 2.72. The number of carbonyl (C=O) groups excluding carboxylic acids is 1. The van der Waals surface area contributed by atoms with Gasteiger partial charge in [0.2, 0.25) is 10.0 Å². The van der Waals surface area contributed by atoms with Gasteiger partial charge in [-0.2, -0.15) is 5.10 Å². The zero-order chi connectivity index (χ0) is 14.8. The van der Waals surface area contributed by atoms with Crippen LogP contribution < -0.4 is 15.8 Å². The maximum atomic E-state index is 12.0. The van der Waals surface area contributed by atoms with Crippen LogP contribution in [0.5, 0.6) is 0 Å². The molecule has 1 amide bonds. The Labute approximate surface area is 119 Å². The van der Waals surface area contributed by atoms with Crippen LogP contribution in [0.2, 0.25) is 0 Å². The molecule has 0 fully saturated rings. The molecule has 2 aromatic rings. The summed E-state index contributed by atoms with van der Waals surface area (Å²) in [7, 11) is -3.26. The first-order valence-corrected chi connectivity index (χ1v) is 8.32. The molecular formula is C10H13N5O3S2. The van der Waals surface area contributed by atoms with Crippen molar-refractivity contribution in [2.45, 2.75) is 0 Å². The van der Waals surface area contributed by atoms with Crippen LogP contribution in [0.25, 0.3) is 10.2 Å². The highest BCUT2D eigenvalue weighted by Gasteiger charge is 2.16. The highest BCUT2D eigenvalue weighted by atomic mass is 32.2. The van der Waals surface area contributed by atoms with Crippen molar-refractivity contribution in [1.82, 2.24) is 20.2 Å². The maximum absolute atomic E-state index is 12.0. The fourth-order valence-corrected chi connectivity index (χ4v) is 2.96. The number of nitrogen functional groups attached to an aromatic ring is 1. The number of nitrogens with zero attached hydrogens (tertiary/aromatic N) is 2. The molecule has 0 radical (unpaired) electrons. The molecule has 2 aromatic heterocycles. The smallest absolute Gasteiger partial charge is 0.263 e. The summed E-state index contributed by atoms with van der Waals surface area (Å²) in [4.78, 5) is 12.9. The number of sulfonamides is 1. The summed E-state index contributed by atoms with van der Waals surface area (Å²) < 4.78 is 24.0. The van der Waals surface area contributed by atoms with Gasteiger partial charge in [-0.05, 0) is 6.07 Å². The molecular weight excluding hydrogens is 302 g/mol. The van der Waals surface area contributed by atoms with Crippen molar-refractivity contribution < 1.29 is 13.2 Å². The molecule has 0 aliphatic heterocycles. The van der Waals surface area contributed by atoms with Crippen molar-refractivity contribution in [3.63, 3.8) is 0 Å². The van der Waals surface area contributed by atoms with E-state index in [0.29, 0.717) is 20.8 Å². The highest BCUT2D eigenvalue weighted by Crippen LogP contribution is 2.31. The molecule has 0 saturated carbocycles. The molecule has 0 aromatic carbocycles. The van der Waals surface area contributed by atoms with Crippen molar-refractivity contribution >= 4 is 43.2 Å². The van der Waals surface area contributed by atoms with Crippen molar-refractivity contribution in [2.24, 2.45) is 0 Å². The van der Waals surface area contributed by atoms with E-state index in [-0.39, 0.29) is 19.0 Å². The van der Waals surface area contributed by atoms with Crippen LogP contribution in [0.4, 0.5) is 5.69 Å². The van der Waals surface area contributed by atoms with Gasteiger partial charge in [0, 0.05) is 18.5 Å². The van der Waals surface area contributed by atoms with Gasteiger partial charge < -0.3 is 11.1 Å². The van der Waals surface area contributed by atoms with Crippen LogP contribution in [-0.2, 0) is 10.0 Å². The summed E-state index contributed by atoms with van der Waals surface area (Å²) in [6.45, 7) is 0.292. The predicted octanol–water partition coefficient (Wildman–Crippen LogP) is -0.447. The van der Waals surface area contributed by atoms with E-state index < -0.39 is 10.0 Å². The fraction of sp³-hybridized carbons (Fsp3) is 0.300. The second-order valence-corrected chi connectivity index (χ2v) is 6.85. The summed E-state index contributed by atoms with van der Waals surface area (Å²) >= 11 is 1.15. The first kappa shape index (κ1) is 14.6. The molecule has 10 heteroatoms. The first-order valence-electron chi connectivity index (χ1n) is 5.61. The lowest BCUT2D eigenvalue weighted by atomic mass is 10.3. The van der Waals surface area contributed by atoms with Crippen molar-refractivity contribution in [3.05, 3.63) is 17.1 Å². The van der Waals surface area contributed by atoms with Crippen molar-refractivity contribution in [3.8, 4) is 0 Å². The molecule has 2 heterocycles. The number of rotatable bonds is 5. The zero-order valence-electron chi connectivity index (χ0n) is 10.6. The molecule has 8 nitrogen and oxygen atoms in total. The molecule has 0 unspecified atom stereocenters. The number of nitrogens with one attached hydrogen (secondary N) is 2. The Morgan fingerprint density at radius 2 is 2.20 bits per heavy atom. The number of nitrogens with two attached hydrogens (primary N) is 1. The molecule has 0 aliphatic carbocycles. The minimum absolute atomic E-state index is 0.120. The van der Waals surface area contributed by atoms with Crippen LogP contribution in [0.15, 0.2) is 12.3 Å².